The maximum Gasteiger partial charge on any atom is 0.410 e. The zero-order valence-electron chi connectivity index (χ0n) is 11.1. The molecule has 2 heterocycles. The average Bonchev–Trinajstić information content (AvgIpc) is 2.16. The van der Waals surface area contributed by atoms with Crippen molar-refractivity contribution in [3.05, 3.63) is 0 Å². The second kappa shape index (κ2) is 4.16. The summed E-state index contributed by atoms with van der Waals surface area (Å²) in [5.74, 6) is 0.419. The van der Waals surface area contributed by atoms with Crippen molar-refractivity contribution in [1.29, 1.82) is 0 Å². The van der Waals surface area contributed by atoms with Gasteiger partial charge in [0.2, 0.25) is 0 Å². The van der Waals surface area contributed by atoms with E-state index in [0.29, 0.717) is 5.92 Å². The van der Waals surface area contributed by atoms with Gasteiger partial charge < -0.3 is 9.84 Å². The van der Waals surface area contributed by atoms with Crippen LogP contribution in [0.15, 0.2) is 0 Å². The van der Waals surface area contributed by atoms with Crippen molar-refractivity contribution < 1.29 is 14.6 Å². The Balaban J connectivity index is 2.12. The van der Waals surface area contributed by atoms with Gasteiger partial charge in [-0.15, -0.1) is 0 Å². The number of fused-ring (bicyclic) bond motifs is 3. The van der Waals surface area contributed by atoms with Crippen molar-refractivity contribution in [2.45, 2.75) is 70.7 Å². The fourth-order valence-corrected chi connectivity index (χ4v) is 3.07. The molecule has 0 aromatic heterocycles. The Kier molecular flexibility index (Phi) is 3.10. The van der Waals surface area contributed by atoms with Crippen LogP contribution in [0.1, 0.15) is 47.0 Å². The molecule has 1 N–H and O–H groups in total. The number of carbonyl (C=O) groups is 1. The van der Waals surface area contributed by atoms with Crippen LogP contribution < -0.4 is 0 Å². The molecule has 3 fully saturated rings. The van der Waals surface area contributed by atoms with E-state index in [0.717, 1.165) is 19.3 Å². The van der Waals surface area contributed by atoms with Crippen molar-refractivity contribution in [2.75, 3.05) is 0 Å². The van der Waals surface area contributed by atoms with E-state index >= 15 is 0 Å². The minimum Gasteiger partial charge on any atom is -0.444 e. The third-order valence-corrected chi connectivity index (χ3v) is 3.90. The van der Waals surface area contributed by atoms with E-state index in [1.54, 1.807) is 4.90 Å². The number of hydrogen-bond donors (Lipinski definition) is 1. The van der Waals surface area contributed by atoms with Crippen LogP contribution in [0.4, 0.5) is 4.79 Å². The van der Waals surface area contributed by atoms with Gasteiger partial charge in [-0.25, -0.2) is 4.79 Å². The number of carbonyl (C=O) groups excluding carboxylic acids is 1. The van der Waals surface area contributed by atoms with Crippen LogP contribution in [-0.4, -0.2) is 39.9 Å². The van der Waals surface area contributed by atoms with Gasteiger partial charge >= 0.3 is 6.09 Å². The van der Waals surface area contributed by atoms with Gasteiger partial charge in [0.25, 0.3) is 0 Å². The minimum atomic E-state index is -0.474. The molecule has 4 atom stereocenters. The van der Waals surface area contributed by atoms with Gasteiger partial charge in [0.05, 0.1) is 12.1 Å². The predicted octanol–water partition coefficient (Wildman–Crippen LogP) is 2.16. The summed E-state index contributed by atoms with van der Waals surface area (Å²) in [5, 5.41) is 9.99. The Morgan fingerprint density at radius 2 is 2.00 bits per heavy atom. The van der Waals surface area contributed by atoms with E-state index in [1.807, 2.05) is 20.8 Å². The number of rotatable bonds is 0. The molecule has 1 saturated carbocycles. The molecule has 2 saturated heterocycles. The van der Waals surface area contributed by atoms with Gasteiger partial charge in [-0.3, -0.25) is 4.90 Å². The van der Waals surface area contributed by atoms with Gasteiger partial charge in [-0.05, 0) is 52.9 Å². The molecule has 1 amide bonds. The molecule has 98 valence electrons. The number of aliphatic hydroxyl groups excluding tert-OH is 1. The summed E-state index contributed by atoms with van der Waals surface area (Å²) in [6.45, 7) is 7.67. The van der Waals surface area contributed by atoms with Crippen LogP contribution in [0.5, 0.6) is 0 Å². The van der Waals surface area contributed by atoms with Crippen molar-refractivity contribution in [1.82, 2.24) is 4.90 Å². The Morgan fingerprint density at radius 1 is 1.35 bits per heavy atom. The second-order valence-corrected chi connectivity index (χ2v) is 6.34. The molecule has 17 heavy (non-hydrogen) atoms. The fraction of sp³-hybridized carbons (Fsp3) is 0.923. The molecule has 0 aromatic rings. The highest BCUT2D eigenvalue weighted by molar-refractivity contribution is 5.69. The molecule has 4 nitrogen and oxygen atoms in total. The SMILES string of the molecule is C[C@@H]1[C@@H]2CC[C@@H]([C@H](O)C2)N1C(=O)OC(C)(C)C. The van der Waals surface area contributed by atoms with Gasteiger partial charge in [0.15, 0.2) is 0 Å². The van der Waals surface area contributed by atoms with Crippen molar-refractivity contribution in [3.8, 4) is 0 Å². The quantitative estimate of drug-likeness (QED) is 0.707. The van der Waals surface area contributed by atoms with Gasteiger partial charge in [-0.2, -0.15) is 0 Å². The molecule has 3 aliphatic rings. The van der Waals surface area contributed by atoms with Crippen LogP contribution >= 0.6 is 0 Å². The first kappa shape index (κ1) is 12.7. The van der Waals surface area contributed by atoms with E-state index in [2.05, 4.69) is 6.92 Å². The predicted molar refractivity (Wildman–Crippen MR) is 64.7 cm³/mol. The minimum absolute atomic E-state index is 0.0511. The first-order valence-electron chi connectivity index (χ1n) is 6.49. The van der Waals surface area contributed by atoms with Gasteiger partial charge in [0, 0.05) is 6.04 Å². The summed E-state index contributed by atoms with van der Waals surface area (Å²) in [7, 11) is 0. The molecule has 0 aromatic carbocycles. The van der Waals surface area contributed by atoms with Crippen molar-refractivity contribution in [3.63, 3.8) is 0 Å². The largest absolute Gasteiger partial charge is 0.444 e. The Hall–Kier alpha value is -0.770. The molecule has 0 unspecified atom stereocenters. The smallest absolute Gasteiger partial charge is 0.410 e. The highest BCUT2D eigenvalue weighted by atomic mass is 16.6. The molecular formula is C13H23NO3. The van der Waals surface area contributed by atoms with Crippen LogP contribution in [0.2, 0.25) is 0 Å². The third-order valence-electron chi connectivity index (χ3n) is 3.90. The van der Waals surface area contributed by atoms with E-state index in [-0.39, 0.29) is 24.3 Å². The number of amides is 1. The van der Waals surface area contributed by atoms with Gasteiger partial charge in [-0.1, -0.05) is 0 Å². The standard InChI is InChI=1S/C13H23NO3/c1-8-9-5-6-10(11(15)7-9)14(8)12(16)17-13(2,3)4/h8-11,15H,5-7H2,1-4H3/t8-,9-,10+,11-/m1/s1. The monoisotopic (exact) mass is 241 g/mol. The van der Waals surface area contributed by atoms with Crippen LogP contribution in [0.25, 0.3) is 0 Å². The molecule has 3 rings (SSSR count). The molecule has 2 aliphatic heterocycles. The summed E-state index contributed by atoms with van der Waals surface area (Å²) in [6.07, 6.45) is 2.18. The number of aliphatic hydroxyl groups is 1. The Morgan fingerprint density at radius 3 is 2.53 bits per heavy atom. The summed E-state index contributed by atoms with van der Waals surface area (Å²) in [6, 6.07) is 0.136. The lowest BCUT2D eigenvalue weighted by Gasteiger charge is -2.52. The molecule has 4 heteroatoms. The van der Waals surface area contributed by atoms with Crippen molar-refractivity contribution in [2.24, 2.45) is 5.92 Å². The second-order valence-electron chi connectivity index (χ2n) is 6.34. The number of ether oxygens (including phenoxy) is 1. The summed E-state index contributed by atoms with van der Waals surface area (Å²) in [4.78, 5) is 13.9. The van der Waals surface area contributed by atoms with Crippen LogP contribution in [0, 0.1) is 5.92 Å². The fourth-order valence-electron chi connectivity index (χ4n) is 3.07. The Labute approximate surface area is 103 Å². The average molecular weight is 241 g/mol. The number of piperidine rings is 2. The molecular weight excluding hydrogens is 218 g/mol. The zero-order chi connectivity index (χ0) is 12.8. The third kappa shape index (κ3) is 2.41. The summed E-state index contributed by atoms with van der Waals surface area (Å²) >= 11 is 0. The number of hydrogen-bond acceptors (Lipinski definition) is 3. The first-order valence-corrected chi connectivity index (χ1v) is 6.49. The molecule has 1 aliphatic carbocycles. The van der Waals surface area contributed by atoms with Crippen LogP contribution in [-0.2, 0) is 4.74 Å². The lowest BCUT2D eigenvalue weighted by atomic mass is 9.74. The van der Waals surface area contributed by atoms with Crippen molar-refractivity contribution >= 4 is 6.09 Å². The highest BCUT2D eigenvalue weighted by Gasteiger charge is 2.47. The molecule has 0 spiro atoms. The van der Waals surface area contributed by atoms with E-state index in [4.69, 9.17) is 4.74 Å². The summed E-state index contributed by atoms with van der Waals surface area (Å²) in [5.41, 5.74) is -0.474. The van der Waals surface area contributed by atoms with E-state index < -0.39 is 5.60 Å². The topological polar surface area (TPSA) is 49.8 Å². The summed E-state index contributed by atoms with van der Waals surface area (Å²) < 4.78 is 5.42. The van der Waals surface area contributed by atoms with Crippen LogP contribution in [0.3, 0.4) is 0 Å². The van der Waals surface area contributed by atoms with E-state index in [9.17, 15) is 9.90 Å². The van der Waals surface area contributed by atoms with Gasteiger partial charge in [0.1, 0.15) is 5.60 Å². The normalized spacial score (nSPS) is 37.1. The maximum atomic E-state index is 12.2. The number of nitrogens with zero attached hydrogens (tertiary/aromatic N) is 1. The molecule has 2 bridgehead atoms. The highest BCUT2D eigenvalue weighted by Crippen LogP contribution is 2.40. The maximum absolute atomic E-state index is 12.2. The lowest BCUT2D eigenvalue weighted by molar-refractivity contribution is -0.0887. The first-order chi connectivity index (χ1) is 7.79. The van der Waals surface area contributed by atoms with E-state index in [1.165, 1.54) is 0 Å². The molecule has 0 radical (unpaired) electrons. The zero-order valence-corrected chi connectivity index (χ0v) is 11.1. The lowest BCUT2D eigenvalue weighted by Crippen LogP contribution is -2.62. The Bertz CT molecular complexity index is 310.